The van der Waals surface area contributed by atoms with Crippen molar-refractivity contribution in [3.05, 3.63) is 60.2 Å². The SMILES string of the molecule is CCn1c(SCC(=O)NN=C(C)c2ccc(OC(C)=O)cc2)nnc1-c1ccccc1. The summed E-state index contributed by atoms with van der Waals surface area (Å²) >= 11 is 1.31. The van der Waals surface area contributed by atoms with E-state index in [-0.39, 0.29) is 17.6 Å². The maximum atomic E-state index is 12.2. The Balaban J connectivity index is 1.58. The minimum absolute atomic E-state index is 0.162. The van der Waals surface area contributed by atoms with Gasteiger partial charge in [0.15, 0.2) is 11.0 Å². The molecule has 3 aromatic rings. The number of ether oxygens (including phenoxy) is 1. The molecule has 31 heavy (non-hydrogen) atoms. The monoisotopic (exact) mass is 437 g/mol. The van der Waals surface area contributed by atoms with Gasteiger partial charge in [-0.1, -0.05) is 42.1 Å². The Bertz CT molecular complexity index is 1080. The summed E-state index contributed by atoms with van der Waals surface area (Å²) in [6, 6.07) is 16.7. The van der Waals surface area contributed by atoms with Gasteiger partial charge in [0.1, 0.15) is 5.75 Å². The maximum Gasteiger partial charge on any atom is 0.308 e. The van der Waals surface area contributed by atoms with Crippen LogP contribution in [0.1, 0.15) is 26.3 Å². The number of hydrazone groups is 1. The molecule has 0 saturated heterocycles. The molecule has 0 aliphatic heterocycles. The molecule has 3 rings (SSSR count). The van der Waals surface area contributed by atoms with Crippen LogP contribution >= 0.6 is 11.8 Å². The van der Waals surface area contributed by atoms with Crippen LogP contribution in [0.25, 0.3) is 11.4 Å². The average Bonchev–Trinajstić information content (AvgIpc) is 3.19. The first-order valence-corrected chi connectivity index (χ1v) is 10.7. The first-order chi connectivity index (χ1) is 15.0. The van der Waals surface area contributed by atoms with Crippen LogP contribution < -0.4 is 10.2 Å². The van der Waals surface area contributed by atoms with E-state index in [4.69, 9.17) is 4.74 Å². The average molecular weight is 438 g/mol. The van der Waals surface area contributed by atoms with Gasteiger partial charge in [0.2, 0.25) is 0 Å². The van der Waals surface area contributed by atoms with Crippen LogP contribution in [-0.2, 0) is 16.1 Å². The molecule has 1 N–H and O–H groups in total. The number of benzene rings is 2. The maximum absolute atomic E-state index is 12.2. The van der Waals surface area contributed by atoms with Gasteiger partial charge in [-0.15, -0.1) is 10.2 Å². The van der Waals surface area contributed by atoms with Crippen LogP contribution in [-0.4, -0.2) is 38.1 Å². The normalized spacial score (nSPS) is 11.3. The van der Waals surface area contributed by atoms with Crippen molar-refractivity contribution in [2.24, 2.45) is 5.10 Å². The number of nitrogens with one attached hydrogen (secondary N) is 1. The molecule has 0 aliphatic rings. The van der Waals surface area contributed by atoms with Gasteiger partial charge in [-0.05, 0) is 43.7 Å². The zero-order valence-electron chi connectivity index (χ0n) is 17.5. The number of hydrogen-bond acceptors (Lipinski definition) is 7. The Labute approximate surface area is 184 Å². The van der Waals surface area contributed by atoms with E-state index in [1.807, 2.05) is 41.8 Å². The summed E-state index contributed by atoms with van der Waals surface area (Å²) < 4.78 is 6.98. The summed E-state index contributed by atoms with van der Waals surface area (Å²) in [6.45, 7) is 5.84. The van der Waals surface area contributed by atoms with Crippen molar-refractivity contribution < 1.29 is 14.3 Å². The Morgan fingerprint density at radius 2 is 1.77 bits per heavy atom. The lowest BCUT2D eigenvalue weighted by molar-refractivity contribution is -0.131. The van der Waals surface area contributed by atoms with Gasteiger partial charge in [0.05, 0.1) is 11.5 Å². The molecule has 1 aromatic heterocycles. The van der Waals surface area contributed by atoms with E-state index in [2.05, 4.69) is 20.7 Å². The van der Waals surface area contributed by atoms with Crippen LogP contribution in [0.15, 0.2) is 64.9 Å². The van der Waals surface area contributed by atoms with Crippen molar-refractivity contribution in [1.82, 2.24) is 20.2 Å². The molecule has 2 aromatic carbocycles. The summed E-state index contributed by atoms with van der Waals surface area (Å²) in [5.74, 6) is 0.775. The zero-order valence-corrected chi connectivity index (χ0v) is 18.3. The highest BCUT2D eigenvalue weighted by molar-refractivity contribution is 7.99. The first-order valence-electron chi connectivity index (χ1n) is 9.71. The van der Waals surface area contributed by atoms with Crippen LogP contribution in [0.4, 0.5) is 0 Å². The predicted octanol–water partition coefficient (Wildman–Crippen LogP) is 3.52. The topological polar surface area (TPSA) is 98.5 Å². The summed E-state index contributed by atoms with van der Waals surface area (Å²) in [6.07, 6.45) is 0. The minimum atomic E-state index is -0.377. The summed E-state index contributed by atoms with van der Waals surface area (Å²) in [5, 5.41) is 13.3. The highest BCUT2D eigenvalue weighted by Crippen LogP contribution is 2.23. The van der Waals surface area contributed by atoms with Crippen molar-refractivity contribution in [2.45, 2.75) is 32.5 Å². The second kappa shape index (κ2) is 10.5. The Morgan fingerprint density at radius 3 is 2.42 bits per heavy atom. The molecular weight excluding hydrogens is 414 g/mol. The number of carbonyl (C=O) groups excluding carboxylic acids is 2. The van der Waals surface area contributed by atoms with Crippen molar-refractivity contribution in [3.63, 3.8) is 0 Å². The third-order valence-corrected chi connectivity index (χ3v) is 5.25. The second-order valence-electron chi connectivity index (χ2n) is 6.56. The number of amides is 1. The number of thioether (sulfide) groups is 1. The number of aromatic nitrogens is 3. The molecule has 0 unspecified atom stereocenters. The lowest BCUT2D eigenvalue weighted by Crippen LogP contribution is -2.21. The minimum Gasteiger partial charge on any atom is -0.427 e. The Hall–Kier alpha value is -3.46. The third kappa shape index (κ3) is 6.02. The molecule has 1 heterocycles. The summed E-state index contributed by atoms with van der Waals surface area (Å²) in [5.41, 5.74) is 4.98. The molecule has 0 fully saturated rings. The molecule has 1 amide bonds. The third-order valence-electron chi connectivity index (χ3n) is 4.28. The highest BCUT2D eigenvalue weighted by Gasteiger charge is 2.14. The summed E-state index contributed by atoms with van der Waals surface area (Å²) in [4.78, 5) is 23.2. The van der Waals surface area contributed by atoms with Gasteiger partial charge in [-0.25, -0.2) is 5.43 Å². The molecule has 0 aliphatic carbocycles. The second-order valence-corrected chi connectivity index (χ2v) is 7.50. The van der Waals surface area contributed by atoms with E-state index >= 15 is 0 Å². The molecule has 0 radical (unpaired) electrons. The van der Waals surface area contributed by atoms with Gasteiger partial charge in [0.25, 0.3) is 5.91 Å². The van der Waals surface area contributed by atoms with Crippen LogP contribution in [0.3, 0.4) is 0 Å². The van der Waals surface area contributed by atoms with Crippen molar-refractivity contribution in [1.29, 1.82) is 0 Å². The number of rotatable bonds is 8. The van der Waals surface area contributed by atoms with E-state index < -0.39 is 0 Å². The molecule has 0 atom stereocenters. The number of esters is 1. The van der Waals surface area contributed by atoms with E-state index in [9.17, 15) is 9.59 Å². The Kier molecular flexibility index (Phi) is 7.55. The Morgan fingerprint density at radius 1 is 1.06 bits per heavy atom. The highest BCUT2D eigenvalue weighted by atomic mass is 32.2. The lowest BCUT2D eigenvalue weighted by atomic mass is 10.1. The van der Waals surface area contributed by atoms with E-state index in [1.54, 1.807) is 31.2 Å². The van der Waals surface area contributed by atoms with Crippen molar-refractivity contribution in [3.8, 4) is 17.1 Å². The number of hydrogen-bond donors (Lipinski definition) is 1. The molecule has 160 valence electrons. The standard InChI is InChI=1S/C22H23N5O3S/c1-4-27-21(18-8-6-5-7-9-18)25-26-22(27)31-14-20(29)24-23-15(2)17-10-12-19(13-11-17)30-16(3)28/h5-13H,4,14H2,1-3H3,(H,24,29). The molecule has 0 spiro atoms. The fourth-order valence-corrected chi connectivity index (χ4v) is 3.58. The van der Waals surface area contributed by atoms with Gasteiger partial charge >= 0.3 is 5.97 Å². The fraction of sp³-hybridized carbons (Fsp3) is 0.227. The van der Waals surface area contributed by atoms with Gasteiger partial charge in [0, 0.05) is 19.0 Å². The van der Waals surface area contributed by atoms with Gasteiger partial charge < -0.3 is 9.30 Å². The van der Waals surface area contributed by atoms with Gasteiger partial charge in [-0.2, -0.15) is 5.10 Å². The van der Waals surface area contributed by atoms with Crippen molar-refractivity contribution >= 4 is 29.4 Å². The number of nitrogens with zero attached hydrogens (tertiary/aromatic N) is 4. The molecule has 0 saturated carbocycles. The molecule has 9 heteroatoms. The number of carbonyl (C=O) groups is 2. The fourth-order valence-electron chi connectivity index (χ4n) is 2.78. The van der Waals surface area contributed by atoms with E-state index in [1.165, 1.54) is 18.7 Å². The lowest BCUT2D eigenvalue weighted by Gasteiger charge is -2.07. The quantitative estimate of drug-likeness (QED) is 0.190. The van der Waals surface area contributed by atoms with Crippen LogP contribution in [0, 0.1) is 0 Å². The molecule has 0 bridgehead atoms. The first kappa shape index (κ1) is 22.2. The smallest absolute Gasteiger partial charge is 0.308 e. The summed E-state index contributed by atoms with van der Waals surface area (Å²) in [7, 11) is 0. The van der Waals surface area contributed by atoms with Crippen LogP contribution in [0.5, 0.6) is 5.75 Å². The van der Waals surface area contributed by atoms with Crippen molar-refractivity contribution in [2.75, 3.05) is 5.75 Å². The largest absolute Gasteiger partial charge is 0.427 e. The van der Waals surface area contributed by atoms with Gasteiger partial charge in [-0.3, -0.25) is 9.59 Å². The zero-order chi connectivity index (χ0) is 22.2. The van der Waals surface area contributed by atoms with E-state index in [0.29, 0.717) is 23.2 Å². The van der Waals surface area contributed by atoms with E-state index in [0.717, 1.165) is 17.0 Å². The van der Waals surface area contributed by atoms with Crippen LogP contribution in [0.2, 0.25) is 0 Å². The molecular formula is C22H23N5O3S. The molecule has 8 nitrogen and oxygen atoms in total. The predicted molar refractivity (Wildman–Crippen MR) is 120 cm³/mol.